The number of hydrazone groups is 1. The molecule has 3 aromatic rings. The lowest BCUT2D eigenvalue weighted by Crippen LogP contribution is -2.40. The number of ether oxygens (including phenoxy) is 2. The van der Waals surface area contributed by atoms with E-state index < -0.39 is 0 Å². The van der Waals surface area contributed by atoms with Crippen molar-refractivity contribution in [2.75, 3.05) is 79.0 Å². The molecule has 2 aliphatic heterocycles. The maximum atomic E-state index is 5.85. The average molecular weight is 495 g/mol. The molecule has 2 aromatic heterocycles. The van der Waals surface area contributed by atoms with Crippen molar-refractivity contribution < 1.29 is 9.47 Å². The number of anilines is 5. The van der Waals surface area contributed by atoms with Crippen molar-refractivity contribution in [3.8, 4) is 0 Å². The van der Waals surface area contributed by atoms with Crippen LogP contribution in [0.4, 0.5) is 29.5 Å². The average Bonchev–Trinajstić information content (AvgIpc) is 3.25. The molecule has 36 heavy (non-hydrogen) atoms. The Hall–Kier alpha value is -4.04. The Morgan fingerprint density at radius 1 is 0.889 bits per heavy atom. The number of nitrogens with two attached hydrogens (primary N) is 1. The lowest BCUT2D eigenvalue weighted by Gasteiger charge is -2.30. The first kappa shape index (κ1) is 23.7. The maximum absolute atomic E-state index is 5.85. The molecule has 14 nitrogen and oxygen atoms in total. The Morgan fingerprint density at radius 3 is 2.00 bits per heavy atom. The number of rotatable bonds is 7. The van der Waals surface area contributed by atoms with Gasteiger partial charge in [0.1, 0.15) is 0 Å². The van der Waals surface area contributed by atoms with Crippen LogP contribution in [0.5, 0.6) is 0 Å². The van der Waals surface area contributed by atoms with Gasteiger partial charge in [-0.2, -0.15) is 20.1 Å². The molecule has 2 aliphatic rings. The molecule has 0 atom stereocenters. The monoisotopic (exact) mass is 494 g/mol. The first-order chi connectivity index (χ1) is 17.6. The number of hydrogen-bond acceptors (Lipinski definition) is 13. The maximum Gasteiger partial charge on any atom is 0.263 e. The van der Waals surface area contributed by atoms with Crippen molar-refractivity contribution in [3.63, 3.8) is 0 Å². The van der Waals surface area contributed by atoms with Crippen LogP contribution in [0.15, 0.2) is 29.4 Å². The highest BCUT2D eigenvalue weighted by molar-refractivity contribution is 5.99. The number of hydrogen-bond donors (Lipinski definition) is 3. The van der Waals surface area contributed by atoms with Gasteiger partial charge in [0.15, 0.2) is 5.82 Å². The van der Waals surface area contributed by atoms with E-state index in [2.05, 4.69) is 35.8 Å². The van der Waals surface area contributed by atoms with Gasteiger partial charge in [0.2, 0.25) is 17.8 Å². The second-order valence-corrected chi connectivity index (χ2v) is 8.41. The number of morpholine rings is 2. The Morgan fingerprint density at radius 2 is 1.47 bits per heavy atom. The van der Waals surface area contributed by atoms with Gasteiger partial charge >= 0.3 is 0 Å². The largest absolute Gasteiger partial charge is 0.378 e. The summed E-state index contributed by atoms with van der Waals surface area (Å²) in [4.78, 5) is 18.4. The Balaban J connectivity index is 1.32. The quantitative estimate of drug-likeness (QED) is 0.241. The summed E-state index contributed by atoms with van der Waals surface area (Å²) in [5.74, 6) is 8.59. The van der Waals surface area contributed by atoms with E-state index in [0.717, 1.165) is 43.1 Å². The highest BCUT2D eigenvalue weighted by Crippen LogP contribution is 2.21. The van der Waals surface area contributed by atoms with Crippen LogP contribution in [0.1, 0.15) is 18.3 Å². The standard InChI is InChI=1S/C22H30N12O2/c1-15(28-30-22-31-29-16(2)34(22)23)17-3-5-18(6-4-17)24-19-25-20(32-7-11-35-12-8-32)27-21(26-19)33-9-13-36-14-10-33/h3-6H,7-14,23H2,1-2H3,(H,30,31)(H,24,25,26,27). The zero-order valence-electron chi connectivity index (χ0n) is 20.4. The van der Waals surface area contributed by atoms with Crippen LogP contribution in [0, 0.1) is 6.92 Å². The van der Waals surface area contributed by atoms with Crippen LogP contribution in [0.25, 0.3) is 0 Å². The molecule has 4 N–H and O–H groups in total. The summed E-state index contributed by atoms with van der Waals surface area (Å²) < 4.78 is 12.3. The van der Waals surface area contributed by atoms with Crippen molar-refractivity contribution in [2.45, 2.75) is 13.8 Å². The number of aryl methyl sites for hydroxylation is 1. The SMILES string of the molecule is CC(=NNc1nnc(C)n1N)c1ccc(Nc2nc(N3CCOCC3)nc(N3CCOCC3)n2)cc1. The Labute approximate surface area is 208 Å². The molecule has 0 bridgehead atoms. The van der Waals surface area contributed by atoms with Crippen molar-refractivity contribution in [2.24, 2.45) is 5.10 Å². The van der Waals surface area contributed by atoms with E-state index in [-0.39, 0.29) is 0 Å². The van der Waals surface area contributed by atoms with Gasteiger partial charge in [-0.25, -0.2) is 10.1 Å². The fourth-order valence-electron chi connectivity index (χ4n) is 3.79. The molecule has 5 rings (SSSR count). The minimum Gasteiger partial charge on any atom is -0.378 e. The van der Waals surface area contributed by atoms with Gasteiger partial charge in [-0.15, -0.1) is 10.2 Å². The van der Waals surface area contributed by atoms with Gasteiger partial charge in [0.25, 0.3) is 5.95 Å². The lowest BCUT2D eigenvalue weighted by atomic mass is 10.1. The molecule has 0 spiro atoms. The van der Waals surface area contributed by atoms with Crippen LogP contribution in [0.3, 0.4) is 0 Å². The van der Waals surface area contributed by atoms with Crippen LogP contribution >= 0.6 is 0 Å². The molecular weight excluding hydrogens is 464 g/mol. The van der Waals surface area contributed by atoms with Crippen molar-refractivity contribution in [3.05, 3.63) is 35.7 Å². The minimum absolute atomic E-state index is 0.368. The smallest absolute Gasteiger partial charge is 0.263 e. The number of nitrogens with one attached hydrogen (secondary N) is 2. The summed E-state index contributed by atoms with van der Waals surface area (Å²) in [5.41, 5.74) is 5.40. The fourth-order valence-corrected chi connectivity index (χ4v) is 3.79. The van der Waals surface area contributed by atoms with E-state index >= 15 is 0 Å². The fraction of sp³-hybridized carbons (Fsp3) is 0.455. The lowest BCUT2D eigenvalue weighted by molar-refractivity contribution is 0.121. The van der Waals surface area contributed by atoms with E-state index in [4.69, 9.17) is 30.3 Å². The third-order valence-electron chi connectivity index (χ3n) is 5.95. The molecule has 0 aliphatic carbocycles. The van der Waals surface area contributed by atoms with Crippen LogP contribution in [0.2, 0.25) is 0 Å². The van der Waals surface area contributed by atoms with Gasteiger partial charge in [-0.05, 0) is 31.5 Å². The van der Waals surface area contributed by atoms with Gasteiger partial charge < -0.3 is 30.4 Å². The predicted octanol–water partition coefficient (Wildman–Crippen LogP) is 0.738. The van der Waals surface area contributed by atoms with Crippen LogP contribution < -0.4 is 26.4 Å². The van der Waals surface area contributed by atoms with E-state index in [1.54, 1.807) is 6.92 Å². The summed E-state index contributed by atoms with van der Waals surface area (Å²) in [6, 6.07) is 7.84. The number of benzene rings is 1. The van der Waals surface area contributed by atoms with Gasteiger partial charge in [-0.1, -0.05) is 12.1 Å². The summed E-state index contributed by atoms with van der Waals surface area (Å²) in [5, 5.41) is 15.5. The van der Waals surface area contributed by atoms with Crippen molar-refractivity contribution in [1.82, 2.24) is 29.8 Å². The predicted molar refractivity (Wildman–Crippen MR) is 136 cm³/mol. The number of aromatic nitrogens is 6. The summed E-state index contributed by atoms with van der Waals surface area (Å²) in [7, 11) is 0. The molecule has 0 saturated carbocycles. The van der Waals surface area contributed by atoms with Crippen molar-refractivity contribution in [1.29, 1.82) is 0 Å². The molecular formula is C22H30N12O2. The molecule has 4 heterocycles. The summed E-state index contributed by atoms with van der Waals surface area (Å²) >= 11 is 0. The third kappa shape index (κ3) is 5.44. The number of nitrogen functional groups attached to an aromatic ring is 1. The highest BCUT2D eigenvalue weighted by Gasteiger charge is 2.20. The molecule has 2 fully saturated rings. The summed E-state index contributed by atoms with van der Waals surface area (Å²) in [6.45, 7) is 9.25. The Bertz CT molecular complexity index is 1160. The minimum atomic E-state index is 0.368. The second kappa shape index (κ2) is 10.7. The van der Waals surface area contributed by atoms with Crippen LogP contribution in [-0.2, 0) is 9.47 Å². The Kier molecular flexibility index (Phi) is 7.04. The zero-order chi connectivity index (χ0) is 24.9. The van der Waals surface area contributed by atoms with E-state index in [0.29, 0.717) is 56.0 Å². The third-order valence-corrected chi connectivity index (χ3v) is 5.95. The molecule has 190 valence electrons. The molecule has 0 amide bonds. The van der Waals surface area contributed by atoms with E-state index in [1.165, 1.54) is 4.68 Å². The zero-order valence-corrected chi connectivity index (χ0v) is 20.4. The topological polar surface area (TPSA) is 157 Å². The van der Waals surface area contributed by atoms with Gasteiger partial charge in [0.05, 0.1) is 32.1 Å². The molecule has 0 unspecified atom stereocenters. The number of nitrogens with zero attached hydrogens (tertiary/aromatic N) is 9. The molecule has 14 heteroatoms. The molecule has 1 aromatic carbocycles. The van der Waals surface area contributed by atoms with Crippen molar-refractivity contribution >= 4 is 35.2 Å². The highest BCUT2D eigenvalue weighted by atomic mass is 16.5. The second-order valence-electron chi connectivity index (χ2n) is 8.41. The first-order valence-corrected chi connectivity index (χ1v) is 11.8. The summed E-state index contributed by atoms with van der Waals surface area (Å²) in [6.07, 6.45) is 0. The molecule has 0 radical (unpaired) electrons. The van der Waals surface area contributed by atoms with Gasteiger partial charge in [-0.3, -0.25) is 0 Å². The van der Waals surface area contributed by atoms with E-state index in [9.17, 15) is 0 Å². The molecule has 2 saturated heterocycles. The first-order valence-electron chi connectivity index (χ1n) is 11.8. The normalized spacial score (nSPS) is 16.8. The van der Waals surface area contributed by atoms with E-state index in [1.807, 2.05) is 31.2 Å². The van der Waals surface area contributed by atoms with Crippen LogP contribution in [-0.4, -0.2) is 88.1 Å². The van der Waals surface area contributed by atoms with Gasteiger partial charge in [0, 0.05) is 31.9 Å².